The van der Waals surface area contributed by atoms with Crippen LogP contribution in [0.1, 0.15) is 50.8 Å². The summed E-state index contributed by atoms with van der Waals surface area (Å²) in [7, 11) is 0. The molecule has 2 aliphatic rings. The Morgan fingerprint density at radius 2 is 1.86 bits per heavy atom. The number of nitrogens with one attached hydrogen (secondary N) is 1. The van der Waals surface area contributed by atoms with Gasteiger partial charge in [-0.3, -0.25) is 0 Å². The molecule has 1 spiro atoms. The van der Waals surface area contributed by atoms with Gasteiger partial charge in [0.2, 0.25) is 0 Å². The third kappa shape index (κ3) is 4.03. The van der Waals surface area contributed by atoms with Crippen molar-refractivity contribution in [1.82, 2.24) is 9.79 Å². The summed E-state index contributed by atoms with van der Waals surface area (Å²) in [5.41, 5.74) is 1.33. The topological polar surface area (TPSA) is 64.6 Å². The standard InChI is InChI=1S/C19H25F3N2O3S/c1-17(2,3)28(26)24(27-16(25)19(20,21)22)15-14-7-5-4-6-13(14)12-18(15)8-10-23-11-9-18/h4-7,15,23H,8-12H2,1-3H3/t15-,28?/m1/s1. The quantitative estimate of drug-likeness (QED) is 0.602. The van der Waals surface area contributed by atoms with E-state index in [-0.39, 0.29) is 0 Å². The normalized spacial score (nSPS) is 22.9. The smallest absolute Gasteiger partial charge is 0.492 e. The minimum Gasteiger partial charge on any atom is -0.595 e. The molecule has 9 heteroatoms. The third-order valence-electron chi connectivity index (χ3n) is 5.37. The van der Waals surface area contributed by atoms with Crippen molar-refractivity contribution in [1.29, 1.82) is 0 Å². The lowest BCUT2D eigenvalue weighted by Gasteiger charge is -2.44. The number of halogens is 3. The molecule has 3 rings (SSSR count). The Kier molecular flexibility index (Phi) is 5.75. The Bertz CT molecular complexity index is 730. The Hall–Kier alpha value is -1.29. The zero-order chi connectivity index (χ0) is 20.7. The lowest BCUT2D eigenvalue weighted by Crippen LogP contribution is -2.52. The van der Waals surface area contributed by atoms with E-state index in [2.05, 4.69) is 5.32 Å². The average Bonchev–Trinajstić information content (AvgIpc) is 2.90. The Balaban J connectivity index is 2.08. The number of hydrogen-bond donors (Lipinski definition) is 1. The molecule has 1 unspecified atom stereocenters. The fraction of sp³-hybridized carbons (Fsp3) is 0.632. The highest BCUT2D eigenvalue weighted by Gasteiger charge is 2.57. The van der Waals surface area contributed by atoms with Gasteiger partial charge in [0.15, 0.2) is 0 Å². The Morgan fingerprint density at radius 1 is 1.25 bits per heavy atom. The molecule has 1 aromatic carbocycles. The molecule has 1 saturated heterocycles. The molecule has 28 heavy (non-hydrogen) atoms. The van der Waals surface area contributed by atoms with E-state index in [0.29, 0.717) is 32.4 Å². The first-order chi connectivity index (χ1) is 13.0. The van der Waals surface area contributed by atoms with Crippen LogP contribution in [0.4, 0.5) is 13.2 Å². The van der Waals surface area contributed by atoms with Crippen LogP contribution < -0.4 is 5.32 Å². The van der Waals surface area contributed by atoms with Crippen LogP contribution in [-0.2, 0) is 27.4 Å². The van der Waals surface area contributed by atoms with Crippen molar-refractivity contribution >= 4 is 17.3 Å². The van der Waals surface area contributed by atoms with E-state index in [0.717, 1.165) is 15.6 Å². The van der Waals surface area contributed by atoms with Gasteiger partial charge in [-0.2, -0.15) is 13.2 Å². The molecular weight excluding hydrogens is 393 g/mol. The van der Waals surface area contributed by atoms with Crippen molar-refractivity contribution in [3.8, 4) is 0 Å². The fourth-order valence-corrected chi connectivity index (χ4v) is 5.27. The van der Waals surface area contributed by atoms with Crippen LogP contribution in [0.15, 0.2) is 24.3 Å². The SMILES string of the molecule is CC(C)(C)[S+]([O-])N(OC(=O)C(F)(F)F)[C@@H]1c2ccccc2CC12CCNCC2. The average molecular weight is 418 g/mol. The predicted molar refractivity (Wildman–Crippen MR) is 99.3 cm³/mol. The monoisotopic (exact) mass is 418 g/mol. The van der Waals surface area contributed by atoms with E-state index in [4.69, 9.17) is 4.84 Å². The van der Waals surface area contributed by atoms with Gasteiger partial charge >= 0.3 is 12.1 Å². The summed E-state index contributed by atoms with van der Waals surface area (Å²) in [6.07, 6.45) is -3.14. The number of rotatable bonds is 3. The molecule has 0 amide bonds. The van der Waals surface area contributed by atoms with Gasteiger partial charge in [0.05, 0.1) is 15.8 Å². The van der Waals surface area contributed by atoms with Crippen molar-refractivity contribution in [3.05, 3.63) is 35.4 Å². The highest BCUT2D eigenvalue weighted by Crippen LogP contribution is 2.55. The van der Waals surface area contributed by atoms with E-state index in [1.165, 1.54) is 0 Å². The lowest BCUT2D eigenvalue weighted by molar-refractivity contribution is -0.232. The van der Waals surface area contributed by atoms with Crippen LogP contribution in [0.3, 0.4) is 0 Å². The van der Waals surface area contributed by atoms with Gasteiger partial charge in [0.25, 0.3) is 0 Å². The van der Waals surface area contributed by atoms with Gasteiger partial charge in [-0.05, 0) is 64.3 Å². The van der Waals surface area contributed by atoms with E-state index in [9.17, 15) is 22.5 Å². The molecule has 0 radical (unpaired) electrons. The second-order valence-electron chi connectivity index (χ2n) is 8.41. The maximum atomic E-state index is 13.2. The summed E-state index contributed by atoms with van der Waals surface area (Å²) in [5.74, 6) is -2.35. The molecule has 0 aromatic heterocycles. The number of benzene rings is 1. The maximum Gasteiger partial charge on any atom is 0.492 e. The Labute approximate surface area is 165 Å². The van der Waals surface area contributed by atoms with Crippen molar-refractivity contribution < 1.29 is 27.4 Å². The van der Waals surface area contributed by atoms with Crippen LogP contribution in [0.25, 0.3) is 0 Å². The van der Waals surface area contributed by atoms with Gasteiger partial charge in [-0.25, -0.2) is 4.79 Å². The van der Waals surface area contributed by atoms with Gasteiger partial charge in [-0.1, -0.05) is 24.3 Å². The summed E-state index contributed by atoms with van der Waals surface area (Å²) in [4.78, 5) is 16.5. The van der Waals surface area contributed by atoms with E-state index < -0.39 is 39.7 Å². The third-order valence-corrected chi connectivity index (χ3v) is 7.03. The molecule has 5 nitrogen and oxygen atoms in total. The van der Waals surface area contributed by atoms with E-state index >= 15 is 0 Å². The van der Waals surface area contributed by atoms with Gasteiger partial charge in [0, 0.05) is 5.41 Å². The van der Waals surface area contributed by atoms with Crippen LogP contribution in [0.2, 0.25) is 0 Å². The number of alkyl halides is 3. The minimum atomic E-state index is -5.17. The summed E-state index contributed by atoms with van der Waals surface area (Å²) >= 11 is -1.99. The van der Waals surface area contributed by atoms with Crippen LogP contribution in [0, 0.1) is 5.41 Å². The van der Waals surface area contributed by atoms with E-state index in [1.54, 1.807) is 26.8 Å². The summed E-state index contributed by atoms with van der Waals surface area (Å²) in [6.45, 7) is 6.34. The van der Waals surface area contributed by atoms with Crippen molar-refractivity contribution in [2.75, 3.05) is 13.1 Å². The van der Waals surface area contributed by atoms with Gasteiger partial charge in [-0.15, -0.1) is 0 Å². The second kappa shape index (κ2) is 7.51. The number of piperidine rings is 1. The molecular formula is C19H25F3N2O3S. The molecule has 1 fully saturated rings. The van der Waals surface area contributed by atoms with Crippen LogP contribution >= 0.6 is 0 Å². The highest BCUT2D eigenvalue weighted by molar-refractivity contribution is 7.90. The van der Waals surface area contributed by atoms with Gasteiger partial charge < -0.3 is 14.7 Å². The van der Waals surface area contributed by atoms with Crippen molar-refractivity contribution in [2.45, 2.75) is 57.0 Å². The zero-order valence-electron chi connectivity index (χ0n) is 16.1. The molecule has 0 saturated carbocycles. The Morgan fingerprint density at radius 3 is 2.43 bits per heavy atom. The maximum absolute atomic E-state index is 13.2. The largest absolute Gasteiger partial charge is 0.595 e. The fourth-order valence-electron chi connectivity index (χ4n) is 4.07. The van der Waals surface area contributed by atoms with E-state index in [1.807, 2.05) is 18.2 Å². The van der Waals surface area contributed by atoms with Gasteiger partial charge in [0.1, 0.15) is 10.8 Å². The number of carbonyl (C=O) groups is 1. The second-order valence-corrected chi connectivity index (χ2v) is 10.5. The summed E-state index contributed by atoms with van der Waals surface area (Å²) < 4.78 is 52.1. The first kappa shape index (κ1) is 21.4. The number of carbonyl (C=O) groups excluding carboxylic acids is 1. The molecule has 1 heterocycles. The van der Waals surface area contributed by atoms with Crippen molar-refractivity contribution in [3.63, 3.8) is 0 Å². The molecule has 1 aliphatic heterocycles. The summed E-state index contributed by atoms with van der Waals surface area (Å²) in [6, 6.07) is 6.74. The summed E-state index contributed by atoms with van der Waals surface area (Å²) in [5, 5.41) is 3.26. The van der Waals surface area contributed by atoms with Crippen LogP contribution in [0.5, 0.6) is 0 Å². The molecule has 2 atom stereocenters. The number of nitrogens with zero attached hydrogens (tertiary/aromatic N) is 1. The van der Waals surface area contributed by atoms with Crippen molar-refractivity contribution in [2.24, 2.45) is 5.41 Å². The molecule has 1 aromatic rings. The molecule has 1 N–H and O–H groups in total. The van der Waals surface area contributed by atoms with Crippen LogP contribution in [-0.4, -0.2) is 39.0 Å². The first-order valence-electron chi connectivity index (χ1n) is 9.25. The minimum absolute atomic E-state index is 0.443. The molecule has 156 valence electrons. The lowest BCUT2D eigenvalue weighted by atomic mass is 9.73. The first-order valence-corrected chi connectivity index (χ1v) is 10.4. The predicted octanol–water partition coefficient (Wildman–Crippen LogP) is 3.44. The molecule has 1 aliphatic carbocycles. The number of fused-ring (bicyclic) bond motifs is 1. The number of hydrogen-bond acceptors (Lipinski definition) is 5. The molecule has 0 bridgehead atoms. The highest BCUT2D eigenvalue weighted by atomic mass is 32.2. The number of hydroxylamine groups is 1. The zero-order valence-corrected chi connectivity index (χ0v) is 17.0.